The van der Waals surface area contributed by atoms with Crippen LogP contribution in [0.25, 0.3) is 0 Å². The zero-order chi connectivity index (χ0) is 12.1. The van der Waals surface area contributed by atoms with E-state index in [2.05, 4.69) is 20.6 Å². The van der Waals surface area contributed by atoms with Crippen molar-refractivity contribution < 1.29 is 4.74 Å². The molecule has 6 nitrogen and oxygen atoms in total. The highest BCUT2D eigenvalue weighted by molar-refractivity contribution is 5.49. The molecule has 0 amide bonds. The van der Waals surface area contributed by atoms with Gasteiger partial charge in [-0.05, 0) is 19.8 Å². The fourth-order valence-corrected chi connectivity index (χ4v) is 1.81. The SMILES string of the molecule is Cc1nc(NC#N)cc(NC2CCOCC2)n1. The average molecular weight is 233 g/mol. The summed E-state index contributed by atoms with van der Waals surface area (Å²) in [4.78, 5) is 8.40. The van der Waals surface area contributed by atoms with E-state index in [9.17, 15) is 0 Å². The minimum atomic E-state index is 0.382. The van der Waals surface area contributed by atoms with Gasteiger partial charge in [0, 0.05) is 25.3 Å². The molecule has 1 aromatic heterocycles. The maximum atomic E-state index is 8.56. The Labute approximate surface area is 100 Å². The molecule has 0 radical (unpaired) electrons. The lowest BCUT2D eigenvalue weighted by Gasteiger charge is -2.23. The second kappa shape index (κ2) is 5.46. The molecular weight excluding hydrogens is 218 g/mol. The van der Waals surface area contributed by atoms with E-state index in [4.69, 9.17) is 10.00 Å². The highest BCUT2D eigenvalue weighted by atomic mass is 16.5. The lowest BCUT2D eigenvalue weighted by molar-refractivity contribution is 0.0904. The predicted molar refractivity (Wildman–Crippen MR) is 63.5 cm³/mol. The van der Waals surface area contributed by atoms with E-state index in [0.29, 0.717) is 17.7 Å². The Morgan fingerprint density at radius 1 is 1.35 bits per heavy atom. The number of rotatable bonds is 3. The number of nitriles is 1. The van der Waals surface area contributed by atoms with Gasteiger partial charge in [0.25, 0.3) is 0 Å². The zero-order valence-electron chi connectivity index (χ0n) is 9.73. The maximum absolute atomic E-state index is 8.56. The number of nitrogens with one attached hydrogen (secondary N) is 2. The first-order chi connectivity index (χ1) is 8.28. The number of aromatic nitrogens is 2. The summed E-state index contributed by atoms with van der Waals surface area (Å²) in [5, 5.41) is 14.4. The molecule has 1 saturated heterocycles. The Bertz CT molecular complexity index is 422. The van der Waals surface area contributed by atoms with Crippen molar-refractivity contribution in [2.24, 2.45) is 0 Å². The average Bonchev–Trinajstić information content (AvgIpc) is 2.30. The van der Waals surface area contributed by atoms with Gasteiger partial charge in [0.05, 0.1) is 0 Å². The van der Waals surface area contributed by atoms with Crippen LogP contribution in [0.5, 0.6) is 0 Å². The third-order valence-corrected chi connectivity index (χ3v) is 2.60. The monoisotopic (exact) mass is 233 g/mol. The smallest absolute Gasteiger partial charge is 0.182 e. The van der Waals surface area contributed by atoms with Crippen LogP contribution in [0.15, 0.2) is 6.07 Å². The standard InChI is InChI=1S/C11H15N5O/c1-8-14-10(13-7-12)6-11(15-8)16-9-2-4-17-5-3-9/h6,9H,2-5H2,1H3,(H2,13,14,15,16). The minimum absolute atomic E-state index is 0.382. The normalized spacial score (nSPS) is 16.2. The Balaban J connectivity index is 2.06. The van der Waals surface area contributed by atoms with Crippen molar-refractivity contribution in [2.75, 3.05) is 23.8 Å². The molecule has 0 unspecified atom stereocenters. The molecule has 0 atom stereocenters. The van der Waals surface area contributed by atoms with Crippen LogP contribution >= 0.6 is 0 Å². The molecule has 90 valence electrons. The molecule has 0 spiro atoms. The van der Waals surface area contributed by atoms with Crippen LogP contribution in [0.1, 0.15) is 18.7 Å². The molecule has 0 bridgehead atoms. The summed E-state index contributed by atoms with van der Waals surface area (Å²) < 4.78 is 5.30. The van der Waals surface area contributed by atoms with Crippen molar-refractivity contribution in [1.82, 2.24) is 9.97 Å². The van der Waals surface area contributed by atoms with Crippen LogP contribution < -0.4 is 10.6 Å². The molecule has 0 aliphatic carbocycles. The topological polar surface area (TPSA) is 82.9 Å². The van der Waals surface area contributed by atoms with E-state index in [1.165, 1.54) is 0 Å². The summed E-state index contributed by atoms with van der Waals surface area (Å²) in [5.41, 5.74) is 0. The van der Waals surface area contributed by atoms with Gasteiger partial charge in [-0.2, -0.15) is 5.26 Å². The first kappa shape index (κ1) is 11.6. The lowest BCUT2D eigenvalue weighted by atomic mass is 10.1. The molecule has 1 aromatic rings. The largest absolute Gasteiger partial charge is 0.381 e. The first-order valence-electron chi connectivity index (χ1n) is 5.63. The molecule has 17 heavy (non-hydrogen) atoms. The third kappa shape index (κ3) is 3.29. The van der Waals surface area contributed by atoms with E-state index in [0.717, 1.165) is 31.9 Å². The van der Waals surface area contributed by atoms with Crippen molar-refractivity contribution in [3.05, 3.63) is 11.9 Å². The van der Waals surface area contributed by atoms with Gasteiger partial charge in [-0.15, -0.1) is 0 Å². The third-order valence-electron chi connectivity index (χ3n) is 2.60. The Kier molecular flexibility index (Phi) is 3.73. The summed E-state index contributed by atoms with van der Waals surface area (Å²) in [5.74, 6) is 1.91. The second-order valence-corrected chi connectivity index (χ2v) is 3.95. The number of anilines is 2. The van der Waals surface area contributed by atoms with Crippen molar-refractivity contribution in [3.63, 3.8) is 0 Å². The van der Waals surface area contributed by atoms with Crippen molar-refractivity contribution in [2.45, 2.75) is 25.8 Å². The first-order valence-corrected chi connectivity index (χ1v) is 5.63. The van der Waals surface area contributed by atoms with Gasteiger partial charge < -0.3 is 10.1 Å². The van der Waals surface area contributed by atoms with Gasteiger partial charge in [-0.25, -0.2) is 9.97 Å². The van der Waals surface area contributed by atoms with E-state index < -0.39 is 0 Å². The van der Waals surface area contributed by atoms with Crippen molar-refractivity contribution in [3.8, 4) is 6.19 Å². The Hall–Kier alpha value is -1.87. The fourth-order valence-electron chi connectivity index (χ4n) is 1.81. The zero-order valence-corrected chi connectivity index (χ0v) is 9.73. The number of nitrogens with zero attached hydrogens (tertiary/aromatic N) is 3. The van der Waals surface area contributed by atoms with Gasteiger partial charge in [0.1, 0.15) is 17.5 Å². The van der Waals surface area contributed by atoms with Gasteiger partial charge in [0.2, 0.25) is 0 Å². The molecule has 0 saturated carbocycles. The summed E-state index contributed by atoms with van der Waals surface area (Å²) in [6.45, 7) is 3.37. The number of hydrogen-bond donors (Lipinski definition) is 2. The molecule has 2 rings (SSSR count). The maximum Gasteiger partial charge on any atom is 0.182 e. The van der Waals surface area contributed by atoms with Crippen LogP contribution in [-0.2, 0) is 4.74 Å². The molecule has 1 aliphatic rings. The number of hydrogen-bond acceptors (Lipinski definition) is 6. The van der Waals surface area contributed by atoms with E-state index in [-0.39, 0.29) is 0 Å². The lowest BCUT2D eigenvalue weighted by Crippen LogP contribution is -2.28. The van der Waals surface area contributed by atoms with Crippen LogP contribution in [-0.4, -0.2) is 29.2 Å². The highest BCUT2D eigenvalue weighted by Gasteiger charge is 2.14. The Morgan fingerprint density at radius 3 is 2.76 bits per heavy atom. The number of aryl methyl sites for hydroxylation is 1. The molecule has 1 aliphatic heterocycles. The van der Waals surface area contributed by atoms with Gasteiger partial charge in [-0.3, -0.25) is 5.32 Å². The summed E-state index contributed by atoms with van der Waals surface area (Å²) in [6, 6.07) is 2.12. The van der Waals surface area contributed by atoms with E-state index in [1.54, 1.807) is 13.0 Å². The molecule has 6 heteroatoms. The van der Waals surface area contributed by atoms with Gasteiger partial charge in [0.15, 0.2) is 6.19 Å². The second-order valence-electron chi connectivity index (χ2n) is 3.95. The van der Waals surface area contributed by atoms with Crippen molar-refractivity contribution in [1.29, 1.82) is 5.26 Å². The summed E-state index contributed by atoms with van der Waals surface area (Å²) in [6.07, 6.45) is 3.81. The highest BCUT2D eigenvalue weighted by Crippen LogP contribution is 2.16. The van der Waals surface area contributed by atoms with Gasteiger partial charge >= 0.3 is 0 Å². The molecule has 1 fully saturated rings. The predicted octanol–water partition coefficient (Wildman–Crippen LogP) is 1.27. The molecule has 2 N–H and O–H groups in total. The van der Waals surface area contributed by atoms with Crippen LogP contribution in [0.4, 0.5) is 11.6 Å². The van der Waals surface area contributed by atoms with E-state index >= 15 is 0 Å². The fraction of sp³-hybridized carbons (Fsp3) is 0.545. The molecule has 2 heterocycles. The molecular formula is C11H15N5O. The number of ether oxygens (including phenoxy) is 1. The minimum Gasteiger partial charge on any atom is -0.381 e. The van der Waals surface area contributed by atoms with Crippen molar-refractivity contribution >= 4 is 11.6 Å². The van der Waals surface area contributed by atoms with Crippen LogP contribution in [0, 0.1) is 18.4 Å². The van der Waals surface area contributed by atoms with E-state index in [1.807, 2.05) is 6.19 Å². The summed E-state index contributed by atoms with van der Waals surface area (Å²) >= 11 is 0. The summed E-state index contributed by atoms with van der Waals surface area (Å²) in [7, 11) is 0. The Morgan fingerprint density at radius 2 is 2.06 bits per heavy atom. The van der Waals surface area contributed by atoms with Gasteiger partial charge in [-0.1, -0.05) is 0 Å². The quantitative estimate of drug-likeness (QED) is 0.604. The van der Waals surface area contributed by atoms with Crippen LogP contribution in [0.3, 0.4) is 0 Å². The molecule has 0 aromatic carbocycles. The van der Waals surface area contributed by atoms with Crippen LogP contribution in [0.2, 0.25) is 0 Å².